The van der Waals surface area contributed by atoms with Gasteiger partial charge in [-0.15, -0.1) is 0 Å². The summed E-state index contributed by atoms with van der Waals surface area (Å²) in [7, 11) is 0. The SMILES string of the molecule is c1ccc2cc(-c3nc(-c4ccc5oc6ccccc6c5c4)nc(-c4cccc5c4ccc4c6ccccc6ccc54)n3)ccc2c1. The van der Waals surface area contributed by atoms with Gasteiger partial charge in [-0.2, -0.15) is 0 Å². The molecular formula is C43H25N3O. The van der Waals surface area contributed by atoms with Gasteiger partial charge in [-0.1, -0.05) is 121 Å². The average molecular weight is 600 g/mol. The Labute approximate surface area is 269 Å². The molecule has 8 aromatic carbocycles. The predicted octanol–water partition coefficient (Wildman–Crippen LogP) is 11.4. The second-order valence-electron chi connectivity index (χ2n) is 12.0. The summed E-state index contributed by atoms with van der Waals surface area (Å²) in [6, 6.07) is 52.9. The summed E-state index contributed by atoms with van der Waals surface area (Å²) in [6.45, 7) is 0. The zero-order chi connectivity index (χ0) is 30.9. The zero-order valence-corrected chi connectivity index (χ0v) is 25.2. The number of rotatable bonds is 3. The number of furan rings is 1. The molecule has 4 heteroatoms. The van der Waals surface area contributed by atoms with Gasteiger partial charge in [0.25, 0.3) is 0 Å². The molecule has 10 rings (SSSR count). The molecule has 2 heterocycles. The van der Waals surface area contributed by atoms with E-state index < -0.39 is 0 Å². The van der Waals surface area contributed by atoms with Crippen LogP contribution in [0.2, 0.25) is 0 Å². The van der Waals surface area contributed by atoms with E-state index in [1.165, 1.54) is 32.3 Å². The number of para-hydroxylation sites is 1. The molecule has 10 aromatic rings. The van der Waals surface area contributed by atoms with Gasteiger partial charge in [0.05, 0.1) is 0 Å². The van der Waals surface area contributed by atoms with Crippen LogP contribution in [0.3, 0.4) is 0 Å². The van der Waals surface area contributed by atoms with Gasteiger partial charge in [0, 0.05) is 27.5 Å². The summed E-state index contributed by atoms with van der Waals surface area (Å²) in [5.41, 5.74) is 4.53. The van der Waals surface area contributed by atoms with Crippen LogP contribution in [0.15, 0.2) is 156 Å². The van der Waals surface area contributed by atoms with Crippen LogP contribution in [-0.2, 0) is 0 Å². The van der Waals surface area contributed by atoms with Gasteiger partial charge in [-0.05, 0) is 73.4 Å². The molecule has 0 saturated heterocycles. The summed E-state index contributed by atoms with van der Waals surface area (Å²) >= 11 is 0. The molecule has 0 radical (unpaired) electrons. The van der Waals surface area contributed by atoms with E-state index in [9.17, 15) is 0 Å². The van der Waals surface area contributed by atoms with Crippen LogP contribution in [0.4, 0.5) is 0 Å². The highest BCUT2D eigenvalue weighted by molar-refractivity contribution is 6.19. The van der Waals surface area contributed by atoms with Crippen LogP contribution >= 0.6 is 0 Å². The van der Waals surface area contributed by atoms with Crippen molar-refractivity contribution in [2.24, 2.45) is 0 Å². The van der Waals surface area contributed by atoms with E-state index in [1.54, 1.807) is 0 Å². The normalized spacial score (nSPS) is 11.8. The highest BCUT2D eigenvalue weighted by Crippen LogP contribution is 2.37. The van der Waals surface area contributed by atoms with Crippen molar-refractivity contribution in [3.8, 4) is 34.2 Å². The Hall–Kier alpha value is -6.39. The van der Waals surface area contributed by atoms with Gasteiger partial charge >= 0.3 is 0 Å². The van der Waals surface area contributed by atoms with Crippen LogP contribution in [0, 0.1) is 0 Å². The Kier molecular flexibility index (Phi) is 5.54. The molecule has 0 aliphatic rings. The maximum Gasteiger partial charge on any atom is 0.164 e. The van der Waals surface area contributed by atoms with Crippen molar-refractivity contribution >= 4 is 65.0 Å². The second-order valence-corrected chi connectivity index (χ2v) is 12.0. The maximum atomic E-state index is 6.13. The monoisotopic (exact) mass is 599 g/mol. The third-order valence-corrected chi connectivity index (χ3v) is 9.30. The smallest absolute Gasteiger partial charge is 0.164 e. The Bertz CT molecular complexity index is 2870. The first kappa shape index (κ1) is 25.9. The van der Waals surface area contributed by atoms with Gasteiger partial charge in [-0.3, -0.25) is 0 Å². The van der Waals surface area contributed by atoms with Crippen molar-refractivity contribution in [2.45, 2.75) is 0 Å². The van der Waals surface area contributed by atoms with Crippen molar-refractivity contribution in [1.29, 1.82) is 0 Å². The van der Waals surface area contributed by atoms with Crippen molar-refractivity contribution in [2.75, 3.05) is 0 Å². The first-order chi connectivity index (χ1) is 23.3. The predicted molar refractivity (Wildman–Crippen MR) is 193 cm³/mol. The zero-order valence-electron chi connectivity index (χ0n) is 25.2. The fourth-order valence-electron chi connectivity index (χ4n) is 7.00. The number of aromatic nitrogens is 3. The van der Waals surface area contributed by atoms with E-state index in [0.29, 0.717) is 17.5 Å². The van der Waals surface area contributed by atoms with Crippen molar-refractivity contribution in [3.63, 3.8) is 0 Å². The fraction of sp³-hybridized carbons (Fsp3) is 0. The number of hydrogen-bond donors (Lipinski definition) is 0. The Morgan fingerprint density at radius 2 is 0.894 bits per heavy atom. The van der Waals surface area contributed by atoms with Gasteiger partial charge < -0.3 is 4.42 Å². The number of fused-ring (bicyclic) bond motifs is 9. The standard InChI is InChI=1S/C43H25N3O/c1-2-10-28-24-29(17-16-26(28)8-1)41-44-42(30-19-23-40-38(25-30)36-12-5-6-15-39(36)47-40)46-43(45-41)37-14-7-13-32-34-20-18-27-9-3-4-11-31(27)33(34)21-22-35(32)37/h1-25H. The summed E-state index contributed by atoms with van der Waals surface area (Å²) in [6.07, 6.45) is 0. The third kappa shape index (κ3) is 4.12. The minimum absolute atomic E-state index is 0.620. The molecule has 0 saturated carbocycles. The van der Waals surface area contributed by atoms with Crippen LogP contribution in [0.25, 0.3) is 99.2 Å². The summed E-state index contributed by atoms with van der Waals surface area (Å²) in [5, 5.41) is 11.6. The van der Waals surface area contributed by atoms with E-state index >= 15 is 0 Å². The number of benzene rings is 8. The lowest BCUT2D eigenvalue weighted by atomic mass is 9.95. The maximum absolute atomic E-state index is 6.13. The lowest BCUT2D eigenvalue weighted by molar-refractivity contribution is 0.669. The van der Waals surface area contributed by atoms with Gasteiger partial charge in [0.2, 0.25) is 0 Å². The van der Waals surface area contributed by atoms with E-state index in [0.717, 1.165) is 49.4 Å². The lowest BCUT2D eigenvalue weighted by Gasteiger charge is -2.13. The number of nitrogens with zero attached hydrogens (tertiary/aromatic N) is 3. The summed E-state index contributed by atoms with van der Waals surface area (Å²) in [5.74, 6) is 1.90. The van der Waals surface area contributed by atoms with E-state index in [4.69, 9.17) is 19.4 Å². The van der Waals surface area contributed by atoms with Crippen LogP contribution in [0.1, 0.15) is 0 Å². The molecule has 0 N–H and O–H groups in total. The van der Waals surface area contributed by atoms with E-state index in [-0.39, 0.29) is 0 Å². The molecule has 0 atom stereocenters. The molecule has 0 bridgehead atoms. The van der Waals surface area contributed by atoms with Crippen LogP contribution in [0.5, 0.6) is 0 Å². The van der Waals surface area contributed by atoms with Crippen LogP contribution in [-0.4, -0.2) is 15.0 Å². The minimum atomic E-state index is 0.620. The molecule has 4 nitrogen and oxygen atoms in total. The lowest BCUT2D eigenvalue weighted by Crippen LogP contribution is -2.00. The first-order valence-electron chi connectivity index (χ1n) is 15.8. The first-order valence-corrected chi connectivity index (χ1v) is 15.8. The molecule has 218 valence electrons. The molecule has 0 aliphatic carbocycles. The van der Waals surface area contributed by atoms with Crippen molar-refractivity contribution < 1.29 is 4.42 Å². The highest BCUT2D eigenvalue weighted by Gasteiger charge is 2.17. The molecule has 47 heavy (non-hydrogen) atoms. The number of hydrogen-bond acceptors (Lipinski definition) is 4. The molecule has 0 spiro atoms. The topological polar surface area (TPSA) is 51.8 Å². The molecule has 2 aromatic heterocycles. The fourth-order valence-corrected chi connectivity index (χ4v) is 7.00. The Morgan fingerprint density at radius 3 is 1.79 bits per heavy atom. The summed E-state index contributed by atoms with van der Waals surface area (Å²) < 4.78 is 6.13. The van der Waals surface area contributed by atoms with Gasteiger partial charge in [-0.25, -0.2) is 15.0 Å². The molecule has 0 amide bonds. The van der Waals surface area contributed by atoms with Gasteiger partial charge in [0.1, 0.15) is 11.2 Å². The summed E-state index contributed by atoms with van der Waals surface area (Å²) in [4.78, 5) is 15.4. The minimum Gasteiger partial charge on any atom is -0.456 e. The Balaban J connectivity index is 1.22. The van der Waals surface area contributed by atoms with E-state index in [2.05, 4.69) is 121 Å². The molecule has 0 fully saturated rings. The van der Waals surface area contributed by atoms with Crippen molar-refractivity contribution in [3.05, 3.63) is 152 Å². The average Bonchev–Trinajstić information content (AvgIpc) is 3.52. The molecular weight excluding hydrogens is 574 g/mol. The highest BCUT2D eigenvalue weighted by atomic mass is 16.3. The Morgan fingerprint density at radius 1 is 0.319 bits per heavy atom. The molecule has 0 unspecified atom stereocenters. The van der Waals surface area contributed by atoms with E-state index in [1.807, 2.05) is 30.3 Å². The molecule has 0 aliphatic heterocycles. The third-order valence-electron chi connectivity index (χ3n) is 9.30. The van der Waals surface area contributed by atoms with Gasteiger partial charge in [0.15, 0.2) is 17.5 Å². The van der Waals surface area contributed by atoms with Crippen LogP contribution < -0.4 is 0 Å². The van der Waals surface area contributed by atoms with Crippen molar-refractivity contribution in [1.82, 2.24) is 15.0 Å². The quantitative estimate of drug-likeness (QED) is 0.190. The second kappa shape index (κ2) is 10.1. The largest absolute Gasteiger partial charge is 0.456 e.